The van der Waals surface area contributed by atoms with E-state index in [9.17, 15) is 0 Å². The number of aryl methyl sites for hydroxylation is 2. The molecule has 0 amide bonds. The number of ether oxygens (including phenoxy) is 2. The lowest BCUT2D eigenvalue weighted by Crippen LogP contribution is -2.03. The van der Waals surface area contributed by atoms with E-state index in [1.807, 2.05) is 86.6 Å². The predicted octanol–water partition coefficient (Wildman–Crippen LogP) is 10.3. The van der Waals surface area contributed by atoms with Gasteiger partial charge in [0.2, 0.25) is 0 Å². The van der Waals surface area contributed by atoms with Crippen LogP contribution in [-0.2, 0) is 13.2 Å². The fraction of sp³-hybridized carbons (Fsp3) is 0.0909. The zero-order valence-electron chi connectivity index (χ0n) is 27.9. The van der Waals surface area contributed by atoms with Crippen molar-refractivity contribution in [2.24, 2.45) is 0 Å². The maximum absolute atomic E-state index is 6.68. The lowest BCUT2D eigenvalue weighted by atomic mass is 9.92. The van der Waals surface area contributed by atoms with Crippen LogP contribution in [0.4, 0.5) is 0 Å². The fourth-order valence-corrected chi connectivity index (χ4v) is 6.34. The number of fused-ring (bicyclic) bond motifs is 2. The van der Waals surface area contributed by atoms with Crippen molar-refractivity contribution < 1.29 is 9.47 Å². The molecule has 8 aromatic rings. The van der Waals surface area contributed by atoms with Gasteiger partial charge in [0.15, 0.2) is 0 Å². The van der Waals surface area contributed by atoms with E-state index in [2.05, 4.69) is 82.8 Å². The van der Waals surface area contributed by atoms with Crippen molar-refractivity contribution in [3.8, 4) is 45.4 Å². The minimum absolute atomic E-state index is 0.287. The summed E-state index contributed by atoms with van der Waals surface area (Å²) >= 11 is 0. The summed E-state index contributed by atoms with van der Waals surface area (Å²) in [5.74, 6) is 1.49. The maximum Gasteiger partial charge on any atom is 0.130 e. The molecule has 0 radical (unpaired) electrons. The Labute approximate surface area is 291 Å². The highest BCUT2D eigenvalue weighted by Gasteiger charge is 2.20. The molecule has 0 saturated heterocycles. The van der Waals surface area contributed by atoms with Crippen LogP contribution in [-0.4, -0.2) is 19.9 Å². The number of hydrogen-bond donors (Lipinski definition) is 0. The van der Waals surface area contributed by atoms with Crippen LogP contribution in [0.2, 0.25) is 0 Å². The van der Waals surface area contributed by atoms with Gasteiger partial charge in [-0.2, -0.15) is 0 Å². The number of benzene rings is 4. The second-order valence-electron chi connectivity index (χ2n) is 12.3. The maximum atomic E-state index is 6.68. The number of rotatable bonds is 9. The van der Waals surface area contributed by atoms with Crippen LogP contribution in [0.5, 0.6) is 11.5 Å². The molecule has 4 aromatic carbocycles. The number of pyridine rings is 4. The van der Waals surface area contributed by atoms with Gasteiger partial charge in [0, 0.05) is 22.5 Å². The van der Waals surface area contributed by atoms with Gasteiger partial charge >= 0.3 is 0 Å². The fourth-order valence-electron chi connectivity index (χ4n) is 6.34. The second-order valence-corrected chi connectivity index (χ2v) is 12.3. The van der Waals surface area contributed by atoms with Gasteiger partial charge in [-0.15, -0.1) is 0 Å². The van der Waals surface area contributed by atoms with Crippen LogP contribution >= 0.6 is 0 Å². The highest BCUT2D eigenvalue weighted by molar-refractivity contribution is 6.09. The third kappa shape index (κ3) is 6.39. The van der Waals surface area contributed by atoms with Crippen molar-refractivity contribution in [3.05, 3.63) is 168 Å². The van der Waals surface area contributed by atoms with Gasteiger partial charge in [0.05, 0.1) is 34.2 Å². The lowest BCUT2D eigenvalue weighted by Gasteiger charge is -2.20. The Hall–Kier alpha value is -6.40. The van der Waals surface area contributed by atoms with Gasteiger partial charge in [-0.25, -0.2) is 9.97 Å². The first-order chi connectivity index (χ1) is 24.6. The van der Waals surface area contributed by atoms with Gasteiger partial charge in [-0.3, -0.25) is 9.97 Å². The molecule has 8 rings (SSSR count). The average Bonchev–Trinajstić information content (AvgIpc) is 3.16. The van der Waals surface area contributed by atoms with Crippen molar-refractivity contribution in [1.29, 1.82) is 0 Å². The van der Waals surface area contributed by atoms with Crippen molar-refractivity contribution >= 4 is 21.5 Å². The first kappa shape index (κ1) is 30.9. The molecule has 50 heavy (non-hydrogen) atoms. The quantitative estimate of drug-likeness (QED) is 0.155. The molecular weight excluding hydrogens is 617 g/mol. The SMILES string of the molecule is Cc1cccc(-c2cccc(COc3ccc4ccccc4c3-c3c(OCc4cccc(-c5cccc(C)n5)n4)ccc4ccccc34)n2)n1. The Morgan fingerprint density at radius 3 is 1.22 bits per heavy atom. The summed E-state index contributed by atoms with van der Waals surface area (Å²) in [5.41, 5.74) is 8.77. The van der Waals surface area contributed by atoms with Gasteiger partial charge in [-0.1, -0.05) is 84.9 Å². The zero-order valence-corrected chi connectivity index (χ0v) is 27.9. The Bertz CT molecular complexity index is 2320. The zero-order chi connectivity index (χ0) is 33.9. The predicted molar refractivity (Wildman–Crippen MR) is 200 cm³/mol. The lowest BCUT2D eigenvalue weighted by molar-refractivity contribution is 0.299. The molecule has 0 aliphatic heterocycles. The molecular formula is C44H34N4O2. The molecule has 242 valence electrons. The van der Waals surface area contributed by atoms with Crippen LogP contribution < -0.4 is 9.47 Å². The van der Waals surface area contributed by atoms with Gasteiger partial charge in [-0.05, 0) is 96.1 Å². The van der Waals surface area contributed by atoms with Crippen molar-refractivity contribution in [2.75, 3.05) is 0 Å². The number of aromatic nitrogens is 4. The Morgan fingerprint density at radius 2 is 0.780 bits per heavy atom. The molecule has 6 nitrogen and oxygen atoms in total. The number of hydrogen-bond acceptors (Lipinski definition) is 6. The topological polar surface area (TPSA) is 70.0 Å². The molecule has 4 heterocycles. The van der Waals surface area contributed by atoms with Gasteiger partial charge < -0.3 is 9.47 Å². The Morgan fingerprint density at radius 1 is 0.380 bits per heavy atom. The minimum Gasteiger partial charge on any atom is -0.487 e. The van der Waals surface area contributed by atoms with Crippen molar-refractivity contribution in [2.45, 2.75) is 27.1 Å². The van der Waals surface area contributed by atoms with Crippen LogP contribution in [0.1, 0.15) is 22.8 Å². The third-order valence-corrected chi connectivity index (χ3v) is 8.70. The highest BCUT2D eigenvalue weighted by Crippen LogP contribution is 2.46. The van der Waals surface area contributed by atoms with Crippen LogP contribution in [0.15, 0.2) is 146 Å². The molecule has 0 atom stereocenters. The van der Waals surface area contributed by atoms with E-state index in [0.29, 0.717) is 0 Å². The van der Waals surface area contributed by atoms with Crippen LogP contribution in [0.3, 0.4) is 0 Å². The molecule has 0 saturated carbocycles. The minimum atomic E-state index is 0.287. The average molecular weight is 651 g/mol. The van der Waals surface area contributed by atoms with Crippen LogP contribution in [0, 0.1) is 13.8 Å². The van der Waals surface area contributed by atoms with E-state index in [4.69, 9.17) is 19.4 Å². The molecule has 6 heteroatoms. The van der Waals surface area contributed by atoms with Gasteiger partial charge in [0.1, 0.15) is 24.7 Å². The second kappa shape index (κ2) is 13.6. The Balaban J connectivity index is 1.19. The smallest absolute Gasteiger partial charge is 0.130 e. The van der Waals surface area contributed by atoms with E-state index in [-0.39, 0.29) is 13.2 Å². The van der Waals surface area contributed by atoms with E-state index in [0.717, 1.165) is 89.7 Å². The van der Waals surface area contributed by atoms with Gasteiger partial charge in [0.25, 0.3) is 0 Å². The molecule has 0 aliphatic rings. The summed E-state index contributed by atoms with van der Waals surface area (Å²) in [5, 5.41) is 4.36. The van der Waals surface area contributed by atoms with E-state index >= 15 is 0 Å². The molecule has 0 aliphatic carbocycles. The summed E-state index contributed by atoms with van der Waals surface area (Å²) in [7, 11) is 0. The summed E-state index contributed by atoms with van der Waals surface area (Å²) in [6, 6.07) is 49.0. The highest BCUT2D eigenvalue weighted by atomic mass is 16.5. The summed E-state index contributed by atoms with van der Waals surface area (Å²) in [6.07, 6.45) is 0. The monoisotopic (exact) mass is 650 g/mol. The summed E-state index contributed by atoms with van der Waals surface area (Å²) in [4.78, 5) is 19.1. The van der Waals surface area contributed by atoms with Crippen LogP contribution in [0.25, 0.3) is 55.4 Å². The molecule has 0 unspecified atom stereocenters. The summed E-state index contributed by atoms with van der Waals surface area (Å²) in [6.45, 7) is 4.55. The Kier molecular flexibility index (Phi) is 8.41. The standard InChI is InChI=1S/C44H34N4O2/c1-29-11-7-19-37(45-29)39-21-9-15-33(47-39)27-49-41-25-23-31-13-3-5-17-35(31)43(41)44-36-18-6-4-14-32(36)24-26-42(44)50-28-34-16-10-22-40(48-34)38-20-8-12-30(2)46-38/h3-26H,27-28H2,1-2H3. The first-order valence-electron chi connectivity index (χ1n) is 16.7. The van der Waals surface area contributed by atoms with Crippen molar-refractivity contribution in [3.63, 3.8) is 0 Å². The molecule has 0 bridgehead atoms. The summed E-state index contributed by atoms with van der Waals surface area (Å²) < 4.78 is 13.4. The molecule has 0 spiro atoms. The molecule has 0 N–H and O–H groups in total. The largest absolute Gasteiger partial charge is 0.487 e. The molecule has 4 aromatic heterocycles. The normalized spacial score (nSPS) is 11.2. The van der Waals surface area contributed by atoms with E-state index < -0.39 is 0 Å². The van der Waals surface area contributed by atoms with E-state index in [1.165, 1.54) is 0 Å². The third-order valence-electron chi connectivity index (χ3n) is 8.70. The first-order valence-corrected chi connectivity index (χ1v) is 16.7. The van der Waals surface area contributed by atoms with Crippen molar-refractivity contribution in [1.82, 2.24) is 19.9 Å². The van der Waals surface area contributed by atoms with E-state index in [1.54, 1.807) is 0 Å². The number of nitrogens with zero attached hydrogens (tertiary/aromatic N) is 4. The molecule has 0 fully saturated rings.